The molecule has 0 spiro atoms. The number of benzene rings is 2. The third-order valence-electron chi connectivity index (χ3n) is 5.95. The number of aliphatic hydroxyl groups is 1. The fourth-order valence-electron chi connectivity index (χ4n) is 5.02. The molecule has 1 aromatic heterocycles. The molecule has 3 aromatic rings. The van der Waals surface area contributed by atoms with Gasteiger partial charge < -0.3 is 14.6 Å². The maximum Gasteiger partial charge on any atom is 0.148 e. The minimum absolute atomic E-state index is 0.445. The van der Waals surface area contributed by atoms with Crippen molar-refractivity contribution in [2.24, 2.45) is 0 Å². The zero-order chi connectivity index (χ0) is 23.3. The van der Waals surface area contributed by atoms with Crippen molar-refractivity contribution in [3.05, 3.63) is 64.9 Å². The number of rotatable bonds is 4. The van der Waals surface area contributed by atoms with E-state index in [1.807, 2.05) is 87.8 Å². The summed E-state index contributed by atoms with van der Waals surface area (Å²) in [6.07, 6.45) is 2.81. The summed E-state index contributed by atoms with van der Waals surface area (Å²) < 4.78 is 13.8. The summed E-state index contributed by atoms with van der Waals surface area (Å²) in [4.78, 5) is 4.98. The molecule has 1 N–H and O–H groups in total. The first kappa shape index (κ1) is 22.8. The van der Waals surface area contributed by atoms with Crippen molar-refractivity contribution in [3.8, 4) is 22.8 Å². The van der Waals surface area contributed by atoms with Crippen LogP contribution < -0.4 is 4.74 Å². The third kappa shape index (κ3) is 4.29. The molecule has 4 rings (SSSR count). The van der Waals surface area contributed by atoms with E-state index in [2.05, 4.69) is 0 Å². The van der Waals surface area contributed by atoms with Gasteiger partial charge in [-0.3, -0.25) is 4.57 Å². The Hall–Kier alpha value is -2.34. The van der Waals surface area contributed by atoms with Crippen LogP contribution in [0, 0.1) is 6.92 Å². The summed E-state index contributed by atoms with van der Waals surface area (Å²) >= 11 is 6.45. The molecule has 0 amide bonds. The molecule has 0 radical (unpaired) electrons. The third-order valence-corrected chi connectivity index (χ3v) is 6.36. The highest BCUT2D eigenvalue weighted by atomic mass is 35.5. The second-order valence-electron chi connectivity index (χ2n) is 9.96. The number of imidazole rings is 1. The highest BCUT2D eigenvalue weighted by Gasteiger charge is 2.49. The lowest BCUT2D eigenvalue weighted by Crippen LogP contribution is -2.52. The van der Waals surface area contributed by atoms with Crippen LogP contribution in [0.5, 0.6) is 5.75 Å². The number of para-hydroxylation sites is 1. The van der Waals surface area contributed by atoms with Gasteiger partial charge in [0.2, 0.25) is 0 Å². The minimum atomic E-state index is -1.14. The summed E-state index contributed by atoms with van der Waals surface area (Å²) in [5.74, 6) is 1.40. The average Bonchev–Trinajstić information content (AvgIpc) is 3.13. The fourth-order valence-corrected chi connectivity index (χ4v) is 5.20. The van der Waals surface area contributed by atoms with Crippen LogP contribution >= 0.6 is 11.6 Å². The molecule has 1 fully saturated rings. The molecule has 32 heavy (non-hydrogen) atoms. The van der Waals surface area contributed by atoms with E-state index in [0.717, 1.165) is 16.8 Å². The highest BCUT2D eigenvalue weighted by Crippen LogP contribution is 2.47. The number of aryl methyl sites for hydroxylation is 1. The van der Waals surface area contributed by atoms with E-state index < -0.39 is 16.8 Å². The van der Waals surface area contributed by atoms with Crippen LogP contribution in [-0.2, 0) is 10.3 Å². The first-order valence-electron chi connectivity index (χ1n) is 10.9. The summed E-state index contributed by atoms with van der Waals surface area (Å²) in [6, 6.07) is 13.7. The largest absolute Gasteiger partial charge is 0.496 e. The van der Waals surface area contributed by atoms with Crippen molar-refractivity contribution in [1.29, 1.82) is 0 Å². The first-order valence-corrected chi connectivity index (χ1v) is 11.2. The topological polar surface area (TPSA) is 56.5 Å². The maximum atomic E-state index is 11.9. The van der Waals surface area contributed by atoms with Gasteiger partial charge in [0.15, 0.2) is 0 Å². The molecule has 0 saturated carbocycles. The second kappa shape index (κ2) is 7.91. The van der Waals surface area contributed by atoms with E-state index in [9.17, 15) is 5.11 Å². The Bertz CT molecular complexity index is 1130. The van der Waals surface area contributed by atoms with Gasteiger partial charge in [0.05, 0.1) is 29.6 Å². The van der Waals surface area contributed by atoms with Crippen LogP contribution in [0.3, 0.4) is 0 Å². The molecule has 2 aromatic carbocycles. The monoisotopic (exact) mass is 454 g/mol. The number of hydrogen-bond donors (Lipinski definition) is 1. The lowest BCUT2D eigenvalue weighted by molar-refractivity contribution is -0.224. The van der Waals surface area contributed by atoms with Gasteiger partial charge >= 0.3 is 0 Å². The van der Waals surface area contributed by atoms with Crippen LogP contribution in [-0.4, -0.2) is 33.0 Å². The summed E-state index contributed by atoms with van der Waals surface area (Å²) in [5, 5.41) is 12.5. The van der Waals surface area contributed by atoms with Crippen LogP contribution in [0.15, 0.2) is 48.7 Å². The Labute approximate surface area is 195 Å². The van der Waals surface area contributed by atoms with Crippen LogP contribution in [0.4, 0.5) is 0 Å². The molecule has 0 unspecified atom stereocenters. The van der Waals surface area contributed by atoms with E-state index in [4.69, 9.17) is 26.1 Å². The molecule has 1 aliphatic heterocycles. The number of methoxy groups -OCH3 is 1. The molecule has 1 saturated heterocycles. The van der Waals surface area contributed by atoms with Gasteiger partial charge in [-0.2, -0.15) is 0 Å². The van der Waals surface area contributed by atoms with Crippen molar-refractivity contribution in [2.75, 3.05) is 7.11 Å². The SMILES string of the molecule is COc1ccccc1-c1nc(C2(O)CC(C)(C)OC(C)(C)C2)cn1-c1ccc(C)c(Cl)c1. The summed E-state index contributed by atoms with van der Waals surface area (Å²) in [6.45, 7) is 10.0. The molecule has 170 valence electrons. The van der Waals surface area contributed by atoms with Crippen LogP contribution in [0.25, 0.3) is 17.1 Å². The Balaban J connectivity index is 1.93. The highest BCUT2D eigenvalue weighted by molar-refractivity contribution is 6.31. The van der Waals surface area contributed by atoms with Crippen molar-refractivity contribution in [1.82, 2.24) is 9.55 Å². The van der Waals surface area contributed by atoms with Gasteiger partial charge in [-0.25, -0.2) is 4.98 Å². The van der Waals surface area contributed by atoms with E-state index in [1.54, 1.807) is 7.11 Å². The average molecular weight is 455 g/mol. The second-order valence-corrected chi connectivity index (χ2v) is 10.4. The predicted octanol–water partition coefficient (Wildman–Crippen LogP) is 6.06. The lowest BCUT2D eigenvalue weighted by Gasteiger charge is -2.49. The molecule has 0 atom stereocenters. The minimum Gasteiger partial charge on any atom is -0.496 e. The number of aromatic nitrogens is 2. The zero-order valence-electron chi connectivity index (χ0n) is 19.6. The zero-order valence-corrected chi connectivity index (χ0v) is 20.3. The lowest BCUT2D eigenvalue weighted by atomic mass is 9.76. The van der Waals surface area contributed by atoms with Gasteiger partial charge in [0, 0.05) is 29.7 Å². The fraction of sp³-hybridized carbons (Fsp3) is 0.423. The molecule has 2 heterocycles. The Morgan fingerprint density at radius 2 is 1.72 bits per heavy atom. The molecular formula is C26H31ClN2O3. The van der Waals surface area contributed by atoms with Crippen LogP contribution in [0.2, 0.25) is 5.02 Å². The van der Waals surface area contributed by atoms with E-state index >= 15 is 0 Å². The smallest absolute Gasteiger partial charge is 0.148 e. The number of halogens is 1. The van der Waals surface area contributed by atoms with Crippen LogP contribution in [0.1, 0.15) is 51.8 Å². The van der Waals surface area contributed by atoms with Gasteiger partial charge in [-0.1, -0.05) is 29.8 Å². The number of hydrogen-bond acceptors (Lipinski definition) is 4. The van der Waals surface area contributed by atoms with Gasteiger partial charge in [0.25, 0.3) is 0 Å². The number of ether oxygens (including phenoxy) is 2. The van der Waals surface area contributed by atoms with Crippen molar-refractivity contribution < 1.29 is 14.6 Å². The van der Waals surface area contributed by atoms with Gasteiger partial charge in [-0.15, -0.1) is 0 Å². The predicted molar refractivity (Wildman–Crippen MR) is 128 cm³/mol. The summed E-state index contributed by atoms with van der Waals surface area (Å²) in [7, 11) is 1.65. The molecule has 6 heteroatoms. The Morgan fingerprint density at radius 3 is 2.34 bits per heavy atom. The molecule has 0 bridgehead atoms. The molecule has 1 aliphatic rings. The van der Waals surface area contributed by atoms with Crippen molar-refractivity contribution in [3.63, 3.8) is 0 Å². The first-order chi connectivity index (χ1) is 14.9. The number of nitrogens with zero attached hydrogens (tertiary/aromatic N) is 2. The van der Waals surface area contributed by atoms with E-state index in [0.29, 0.717) is 35.1 Å². The summed E-state index contributed by atoms with van der Waals surface area (Å²) in [5.41, 5.74) is 1.21. The quantitative estimate of drug-likeness (QED) is 0.520. The van der Waals surface area contributed by atoms with E-state index in [1.165, 1.54) is 0 Å². The van der Waals surface area contributed by atoms with Crippen molar-refractivity contribution in [2.45, 2.75) is 64.3 Å². The van der Waals surface area contributed by atoms with Gasteiger partial charge in [-0.05, 0) is 64.4 Å². The van der Waals surface area contributed by atoms with Crippen molar-refractivity contribution >= 4 is 11.6 Å². The van der Waals surface area contributed by atoms with Gasteiger partial charge in [0.1, 0.15) is 17.2 Å². The Morgan fingerprint density at radius 1 is 1.06 bits per heavy atom. The molecule has 0 aliphatic carbocycles. The molecule has 5 nitrogen and oxygen atoms in total. The standard InChI is InChI=1S/C26H31ClN2O3/c1-17-11-12-18(13-20(17)27)29-14-22(26(30)15-24(2,3)32-25(4,5)16-26)28-23(29)19-9-7-8-10-21(19)31-6/h7-14,30H,15-16H2,1-6H3. The normalized spacial score (nSPS) is 19.0. The Kier molecular flexibility index (Phi) is 5.64. The molecular weight excluding hydrogens is 424 g/mol. The van der Waals surface area contributed by atoms with E-state index in [-0.39, 0.29) is 0 Å². The maximum absolute atomic E-state index is 11.9.